The summed E-state index contributed by atoms with van der Waals surface area (Å²) in [6, 6.07) is 9.77. The van der Waals surface area contributed by atoms with Crippen LogP contribution >= 0.6 is 0 Å². The summed E-state index contributed by atoms with van der Waals surface area (Å²) in [5.74, 6) is -2.48. The van der Waals surface area contributed by atoms with Crippen LogP contribution in [-0.2, 0) is 35.5 Å². The fraction of sp³-hybridized carbons (Fsp3) is 0.382. The zero-order chi connectivity index (χ0) is 34.8. The molecule has 1 aliphatic heterocycles. The molecule has 2 N–H and O–H groups in total. The normalized spacial score (nSPS) is 16.4. The smallest absolute Gasteiger partial charge is 0.410 e. The Labute approximate surface area is 274 Å². The summed E-state index contributed by atoms with van der Waals surface area (Å²) in [7, 11) is -4.05. The van der Waals surface area contributed by atoms with Gasteiger partial charge in [-0.05, 0) is 60.9 Å². The van der Waals surface area contributed by atoms with Crippen molar-refractivity contribution in [3.63, 3.8) is 0 Å². The lowest BCUT2D eigenvalue weighted by molar-refractivity contribution is -0.169. The number of sulfonamides is 1. The van der Waals surface area contributed by atoms with E-state index in [4.69, 9.17) is 14.2 Å². The van der Waals surface area contributed by atoms with E-state index in [-0.39, 0.29) is 24.4 Å². The monoisotopic (exact) mass is 672 g/mol. The third-order valence-electron chi connectivity index (χ3n) is 7.24. The van der Waals surface area contributed by atoms with Crippen molar-refractivity contribution in [2.24, 2.45) is 5.92 Å². The van der Waals surface area contributed by atoms with E-state index in [1.807, 2.05) is 44.2 Å². The van der Waals surface area contributed by atoms with Gasteiger partial charge < -0.3 is 24.6 Å². The van der Waals surface area contributed by atoms with Gasteiger partial charge in [0.2, 0.25) is 16.3 Å². The number of ether oxygens (including phenoxy) is 3. The third kappa shape index (κ3) is 10.2. The molecule has 1 fully saturated rings. The standard InChI is InChI=1S/C34H41FN2O9S/c1-6-7-8-9-10-12-24(4)34(46-28-17-15-27(35)16-18-28)21-37(22-34)47(42,43)29-14-11-13-26(19-29)20-30(31(38)39)36-33(41)45-25(5)44-32(40)23(2)3/h7-19,23,25,30H,6,20-22H2,1-5H3,(H,36,41)(H,38,39)/b8-7+,10-9-,24-12+. The number of nitrogens with zero attached hydrogens (tertiary/aromatic N) is 1. The Hall–Kier alpha value is -4.49. The highest BCUT2D eigenvalue weighted by Crippen LogP contribution is 2.37. The molecule has 0 saturated carbocycles. The highest BCUT2D eigenvalue weighted by Gasteiger charge is 2.52. The molecule has 47 heavy (non-hydrogen) atoms. The van der Waals surface area contributed by atoms with Crippen molar-refractivity contribution < 1.29 is 46.5 Å². The van der Waals surface area contributed by atoms with Crippen LogP contribution in [0.15, 0.2) is 89.4 Å². The van der Waals surface area contributed by atoms with E-state index in [1.165, 1.54) is 53.7 Å². The molecule has 1 heterocycles. The minimum Gasteiger partial charge on any atom is -0.480 e. The molecule has 1 aliphatic rings. The first-order valence-corrected chi connectivity index (χ1v) is 16.6. The zero-order valence-corrected chi connectivity index (χ0v) is 27.8. The number of hydrogen-bond donors (Lipinski definition) is 2. The third-order valence-corrected chi connectivity index (χ3v) is 9.03. The average molecular weight is 673 g/mol. The first-order valence-electron chi connectivity index (χ1n) is 15.1. The molecule has 0 radical (unpaired) electrons. The molecular formula is C34H41FN2O9S. The summed E-state index contributed by atoms with van der Waals surface area (Å²) in [6.45, 7) is 8.33. The molecular weight excluding hydrogens is 631 g/mol. The average Bonchev–Trinajstić information content (AvgIpc) is 2.99. The highest BCUT2D eigenvalue weighted by atomic mass is 32.2. The minimum atomic E-state index is -4.05. The Morgan fingerprint density at radius 3 is 2.34 bits per heavy atom. The second-order valence-corrected chi connectivity index (χ2v) is 13.3. The van der Waals surface area contributed by atoms with Crippen LogP contribution in [0.2, 0.25) is 0 Å². The van der Waals surface area contributed by atoms with Crippen LogP contribution in [0.5, 0.6) is 5.75 Å². The number of nitrogens with one attached hydrogen (secondary N) is 1. The number of rotatable bonds is 15. The summed E-state index contributed by atoms with van der Waals surface area (Å²) < 4.78 is 58.3. The SMILES string of the molecule is CC/C=C/C=C\C=C(/C)C1(Oc2ccc(F)cc2)CN(S(=O)(=O)c2cccc(CC(NC(=O)OC(C)OC(=O)C(C)C)C(=O)O)c2)C1. The van der Waals surface area contributed by atoms with E-state index in [0.717, 1.165) is 12.0 Å². The van der Waals surface area contributed by atoms with Gasteiger partial charge >= 0.3 is 18.0 Å². The van der Waals surface area contributed by atoms with E-state index in [1.54, 1.807) is 19.9 Å². The van der Waals surface area contributed by atoms with Crippen molar-refractivity contribution in [2.75, 3.05) is 13.1 Å². The van der Waals surface area contributed by atoms with Gasteiger partial charge in [0, 0.05) is 13.3 Å². The van der Waals surface area contributed by atoms with Gasteiger partial charge in [0.15, 0.2) is 5.60 Å². The van der Waals surface area contributed by atoms with Crippen molar-refractivity contribution in [2.45, 2.75) is 70.3 Å². The number of alkyl carbamates (subject to hydrolysis) is 1. The van der Waals surface area contributed by atoms with Crippen molar-refractivity contribution in [3.8, 4) is 5.75 Å². The number of carbonyl (C=O) groups is 3. The molecule has 0 spiro atoms. The second kappa shape index (κ2) is 16.4. The number of carboxylic acid groups (broad SMARTS) is 1. The van der Waals surface area contributed by atoms with Gasteiger partial charge in [-0.1, -0.05) is 63.3 Å². The maximum absolute atomic E-state index is 13.7. The number of esters is 1. The maximum atomic E-state index is 13.7. The number of allylic oxidation sites excluding steroid dienone is 5. The van der Waals surface area contributed by atoms with Crippen molar-refractivity contribution in [1.82, 2.24) is 9.62 Å². The lowest BCUT2D eigenvalue weighted by Gasteiger charge is -2.49. The summed E-state index contributed by atoms with van der Waals surface area (Å²) in [5.41, 5.74) is 0.0770. The Bertz CT molecular complexity index is 1610. The van der Waals surface area contributed by atoms with Gasteiger partial charge in [-0.15, -0.1) is 0 Å². The van der Waals surface area contributed by atoms with E-state index < -0.39 is 57.7 Å². The largest absolute Gasteiger partial charge is 0.480 e. The highest BCUT2D eigenvalue weighted by molar-refractivity contribution is 7.89. The first kappa shape index (κ1) is 37.0. The number of benzene rings is 2. The van der Waals surface area contributed by atoms with Gasteiger partial charge in [-0.3, -0.25) is 4.79 Å². The topological polar surface area (TPSA) is 149 Å². The lowest BCUT2D eigenvalue weighted by atomic mass is 9.87. The number of halogens is 1. The number of amides is 1. The number of carbonyl (C=O) groups excluding carboxylic acids is 2. The zero-order valence-electron chi connectivity index (χ0n) is 27.0. The fourth-order valence-corrected chi connectivity index (χ4v) is 6.12. The van der Waals surface area contributed by atoms with Crippen LogP contribution in [0.1, 0.15) is 46.6 Å². The van der Waals surface area contributed by atoms with Gasteiger partial charge in [0.05, 0.1) is 23.9 Å². The number of carboxylic acids is 1. The molecule has 2 aromatic carbocycles. The fourth-order valence-electron chi connectivity index (χ4n) is 4.52. The van der Waals surface area contributed by atoms with Crippen molar-refractivity contribution >= 4 is 28.1 Å². The minimum absolute atomic E-state index is 0.0252. The van der Waals surface area contributed by atoms with Crippen LogP contribution < -0.4 is 10.1 Å². The summed E-state index contributed by atoms with van der Waals surface area (Å²) in [5, 5.41) is 11.9. The summed E-state index contributed by atoms with van der Waals surface area (Å²) in [4.78, 5) is 35.9. The molecule has 1 saturated heterocycles. The van der Waals surface area contributed by atoms with Crippen LogP contribution in [0.25, 0.3) is 0 Å². The quantitative estimate of drug-likeness (QED) is 0.144. The van der Waals surface area contributed by atoms with Gasteiger partial charge in [-0.2, -0.15) is 4.31 Å². The van der Waals surface area contributed by atoms with Gasteiger partial charge in [0.25, 0.3) is 0 Å². The van der Waals surface area contributed by atoms with E-state index in [0.29, 0.717) is 11.3 Å². The van der Waals surface area contributed by atoms with E-state index in [9.17, 15) is 32.3 Å². The molecule has 2 atom stereocenters. The first-order chi connectivity index (χ1) is 22.2. The molecule has 254 valence electrons. The second-order valence-electron chi connectivity index (χ2n) is 11.3. The molecule has 11 nitrogen and oxygen atoms in total. The van der Waals surface area contributed by atoms with Gasteiger partial charge in [0.1, 0.15) is 17.6 Å². The molecule has 13 heteroatoms. The van der Waals surface area contributed by atoms with Crippen molar-refractivity contribution in [1.29, 1.82) is 0 Å². The Morgan fingerprint density at radius 1 is 1.04 bits per heavy atom. The molecule has 2 aromatic rings. The Kier molecular flexibility index (Phi) is 12.9. The number of hydrogen-bond acceptors (Lipinski definition) is 8. The molecule has 0 bridgehead atoms. The predicted molar refractivity (Wildman–Crippen MR) is 172 cm³/mol. The molecule has 0 aliphatic carbocycles. The molecule has 2 unspecified atom stereocenters. The van der Waals surface area contributed by atoms with Crippen LogP contribution in [0.3, 0.4) is 0 Å². The molecule has 0 aromatic heterocycles. The Balaban J connectivity index is 1.76. The summed E-state index contributed by atoms with van der Waals surface area (Å²) >= 11 is 0. The van der Waals surface area contributed by atoms with E-state index in [2.05, 4.69) is 5.32 Å². The molecule has 3 rings (SSSR count). The van der Waals surface area contributed by atoms with Crippen LogP contribution in [-0.4, -0.2) is 66.9 Å². The lowest BCUT2D eigenvalue weighted by Crippen LogP contribution is -2.66. The van der Waals surface area contributed by atoms with Crippen LogP contribution in [0, 0.1) is 11.7 Å². The summed E-state index contributed by atoms with van der Waals surface area (Å²) in [6.07, 6.45) is 7.68. The van der Waals surface area contributed by atoms with E-state index >= 15 is 0 Å². The molecule has 1 amide bonds. The van der Waals surface area contributed by atoms with Gasteiger partial charge in [-0.25, -0.2) is 22.4 Å². The number of aliphatic carboxylic acids is 1. The van der Waals surface area contributed by atoms with Crippen molar-refractivity contribution in [3.05, 3.63) is 95.9 Å². The van der Waals surface area contributed by atoms with Crippen LogP contribution in [0.4, 0.5) is 9.18 Å². The Morgan fingerprint density at radius 2 is 1.72 bits per heavy atom. The predicted octanol–water partition coefficient (Wildman–Crippen LogP) is 5.38. The maximum Gasteiger partial charge on any atom is 0.410 e.